The minimum atomic E-state index is -0.544. The summed E-state index contributed by atoms with van der Waals surface area (Å²) in [5.74, 6) is 1.86. The molecule has 33 heavy (non-hydrogen) atoms. The van der Waals surface area contributed by atoms with E-state index in [1.807, 2.05) is 36.4 Å². The smallest absolute Gasteiger partial charge is 0.118 e. The van der Waals surface area contributed by atoms with E-state index in [1.54, 1.807) is 7.11 Å². The molecule has 1 aliphatic heterocycles. The molecule has 5 nitrogen and oxygen atoms in total. The summed E-state index contributed by atoms with van der Waals surface area (Å²) in [5.41, 5.74) is 5.70. The van der Waals surface area contributed by atoms with Crippen molar-refractivity contribution in [1.82, 2.24) is 14.5 Å². The summed E-state index contributed by atoms with van der Waals surface area (Å²) < 4.78 is 7.56. The molecule has 0 amide bonds. The average Bonchev–Trinajstić information content (AvgIpc) is 3.22. The first-order chi connectivity index (χ1) is 16.2. The molecule has 2 heterocycles. The van der Waals surface area contributed by atoms with Crippen molar-refractivity contribution in [1.29, 1.82) is 0 Å². The van der Waals surface area contributed by atoms with Crippen LogP contribution in [0.25, 0.3) is 5.69 Å². The van der Waals surface area contributed by atoms with Gasteiger partial charge in [0.25, 0.3) is 0 Å². The van der Waals surface area contributed by atoms with Gasteiger partial charge in [0, 0.05) is 43.9 Å². The van der Waals surface area contributed by atoms with E-state index in [0.717, 1.165) is 54.4 Å². The number of ether oxygens (including phenoxy) is 1. The van der Waals surface area contributed by atoms with E-state index in [4.69, 9.17) is 9.72 Å². The number of imidazole rings is 1. The largest absolute Gasteiger partial charge is 0.497 e. The Hall–Kier alpha value is -3.41. The SMILES string of the molecule is COc1ccc([C@H](O)CN2CCc3c(nc(Cc4ccccc4)n3-c3ccccc3)C2)cc1. The Morgan fingerprint density at radius 3 is 2.33 bits per heavy atom. The van der Waals surface area contributed by atoms with Crippen molar-refractivity contribution < 1.29 is 9.84 Å². The van der Waals surface area contributed by atoms with E-state index in [9.17, 15) is 5.11 Å². The standard InChI is InChI=1S/C28H29N3O2/c1-33-24-14-12-22(13-15-24)27(32)20-30-17-16-26-25(19-30)29-28(18-21-8-4-2-5-9-21)31(26)23-10-6-3-7-11-23/h2-15,27,32H,16-20H2,1H3/t27-/m1/s1. The fourth-order valence-corrected chi connectivity index (χ4v) is 4.60. The van der Waals surface area contributed by atoms with Gasteiger partial charge in [-0.25, -0.2) is 4.98 Å². The highest BCUT2D eigenvalue weighted by atomic mass is 16.5. The van der Waals surface area contributed by atoms with Crippen molar-refractivity contribution >= 4 is 0 Å². The van der Waals surface area contributed by atoms with E-state index in [0.29, 0.717) is 6.54 Å². The molecule has 3 aromatic carbocycles. The summed E-state index contributed by atoms with van der Waals surface area (Å²) in [4.78, 5) is 7.40. The Balaban J connectivity index is 1.39. The lowest BCUT2D eigenvalue weighted by Crippen LogP contribution is -2.34. The molecule has 0 saturated heterocycles. The molecule has 168 valence electrons. The highest BCUT2D eigenvalue weighted by Gasteiger charge is 2.26. The van der Waals surface area contributed by atoms with E-state index < -0.39 is 6.10 Å². The number of benzene rings is 3. The van der Waals surface area contributed by atoms with Crippen molar-refractivity contribution in [2.24, 2.45) is 0 Å². The second-order valence-electron chi connectivity index (χ2n) is 8.53. The number of hydrogen-bond acceptors (Lipinski definition) is 4. The molecule has 4 aromatic rings. The van der Waals surface area contributed by atoms with Gasteiger partial charge >= 0.3 is 0 Å². The van der Waals surface area contributed by atoms with Gasteiger partial charge in [0.1, 0.15) is 11.6 Å². The molecule has 0 fully saturated rings. The van der Waals surface area contributed by atoms with Gasteiger partial charge in [-0.2, -0.15) is 0 Å². The van der Waals surface area contributed by atoms with Crippen LogP contribution in [0.15, 0.2) is 84.9 Å². The second-order valence-corrected chi connectivity index (χ2v) is 8.53. The Kier molecular flexibility index (Phi) is 6.24. The van der Waals surface area contributed by atoms with Gasteiger partial charge in [-0.05, 0) is 35.4 Å². The second kappa shape index (κ2) is 9.61. The van der Waals surface area contributed by atoms with Gasteiger partial charge in [-0.1, -0.05) is 60.7 Å². The van der Waals surface area contributed by atoms with E-state index in [1.165, 1.54) is 11.3 Å². The van der Waals surface area contributed by atoms with Crippen molar-refractivity contribution in [3.63, 3.8) is 0 Å². The zero-order chi connectivity index (χ0) is 22.6. The predicted molar refractivity (Wildman–Crippen MR) is 130 cm³/mol. The van der Waals surface area contributed by atoms with Crippen LogP contribution in [0.5, 0.6) is 5.75 Å². The van der Waals surface area contributed by atoms with Crippen LogP contribution in [-0.4, -0.2) is 39.8 Å². The van der Waals surface area contributed by atoms with Gasteiger partial charge in [-0.15, -0.1) is 0 Å². The number of aliphatic hydroxyl groups excluding tert-OH is 1. The number of nitrogens with zero attached hydrogens (tertiary/aromatic N) is 3. The number of fused-ring (bicyclic) bond motifs is 1. The van der Waals surface area contributed by atoms with Crippen molar-refractivity contribution in [2.75, 3.05) is 20.2 Å². The number of aromatic nitrogens is 2. The summed E-state index contributed by atoms with van der Waals surface area (Å²) in [6, 6.07) is 28.7. The molecule has 1 aliphatic rings. The maximum atomic E-state index is 10.8. The van der Waals surface area contributed by atoms with Crippen LogP contribution in [0.2, 0.25) is 0 Å². The molecule has 5 heteroatoms. The zero-order valence-corrected chi connectivity index (χ0v) is 18.9. The first kappa shape index (κ1) is 21.4. The zero-order valence-electron chi connectivity index (χ0n) is 18.9. The molecule has 0 bridgehead atoms. The number of aliphatic hydroxyl groups is 1. The van der Waals surface area contributed by atoms with Gasteiger partial charge in [0.05, 0.1) is 18.9 Å². The number of para-hydroxylation sites is 1. The first-order valence-electron chi connectivity index (χ1n) is 11.4. The maximum absolute atomic E-state index is 10.8. The Morgan fingerprint density at radius 2 is 1.64 bits per heavy atom. The third-order valence-corrected chi connectivity index (χ3v) is 6.31. The topological polar surface area (TPSA) is 50.5 Å². The van der Waals surface area contributed by atoms with Crippen LogP contribution in [0, 0.1) is 0 Å². The molecular formula is C28H29N3O2. The predicted octanol–water partition coefficient (Wildman–Crippen LogP) is 4.56. The normalized spacial score (nSPS) is 14.6. The molecule has 0 aliphatic carbocycles. The van der Waals surface area contributed by atoms with Crippen LogP contribution in [0.4, 0.5) is 0 Å². The molecule has 5 rings (SSSR count). The molecule has 0 spiro atoms. The van der Waals surface area contributed by atoms with Gasteiger partial charge in [0.15, 0.2) is 0 Å². The Labute approximate surface area is 194 Å². The Bertz CT molecular complexity index is 1190. The van der Waals surface area contributed by atoms with Crippen molar-refractivity contribution in [3.8, 4) is 11.4 Å². The third kappa shape index (κ3) is 4.70. The minimum Gasteiger partial charge on any atom is -0.497 e. The molecule has 1 N–H and O–H groups in total. The lowest BCUT2D eigenvalue weighted by atomic mass is 10.1. The molecule has 1 atom stereocenters. The number of hydrogen-bond donors (Lipinski definition) is 1. The lowest BCUT2D eigenvalue weighted by molar-refractivity contribution is 0.105. The van der Waals surface area contributed by atoms with Crippen molar-refractivity contribution in [2.45, 2.75) is 25.5 Å². The molecule has 0 saturated carbocycles. The van der Waals surface area contributed by atoms with Gasteiger partial charge < -0.3 is 14.4 Å². The lowest BCUT2D eigenvalue weighted by Gasteiger charge is -2.29. The van der Waals surface area contributed by atoms with Crippen LogP contribution in [0.3, 0.4) is 0 Å². The van der Waals surface area contributed by atoms with E-state index in [2.05, 4.69) is 58.0 Å². The number of rotatable bonds is 7. The summed E-state index contributed by atoms with van der Waals surface area (Å²) >= 11 is 0. The number of β-amino-alcohol motifs (C(OH)–C–C–N with tert-alkyl or cyclic N) is 1. The average molecular weight is 440 g/mol. The van der Waals surface area contributed by atoms with E-state index >= 15 is 0 Å². The monoisotopic (exact) mass is 439 g/mol. The molecule has 0 unspecified atom stereocenters. The van der Waals surface area contributed by atoms with Crippen LogP contribution in [-0.2, 0) is 19.4 Å². The summed E-state index contributed by atoms with van der Waals surface area (Å²) in [6.45, 7) is 2.21. The van der Waals surface area contributed by atoms with Crippen molar-refractivity contribution in [3.05, 3.63) is 113 Å². The van der Waals surface area contributed by atoms with Crippen LogP contribution >= 0.6 is 0 Å². The molecule has 0 radical (unpaired) electrons. The highest BCUT2D eigenvalue weighted by Crippen LogP contribution is 2.27. The molecular weight excluding hydrogens is 410 g/mol. The quantitative estimate of drug-likeness (QED) is 0.459. The Morgan fingerprint density at radius 1 is 0.939 bits per heavy atom. The van der Waals surface area contributed by atoms with Crippen LogP contribution in [0.1, 0.15) is 34.4 Å². The highest BCUT2D eigenvalue weighted by molar-refractivity contribution is 5.40. The minimum absolute atomic E-state index is 0.544. The van der Waals surface area contributed by atoms with E-state index in [-0.39, 0.29) is 0 Å². The number of methoxy groups -OCH3 is 1. The fourth-order valence-electron chi connectivity index (χ4n) is 4.60. The first-order valence-corrected chi connectivity index (χ1v) is 11.4. The van der Waals surface area contributed by atoms with Crippen LogP contribution < -0.4 is 4.74 Å². The van der Waals surface area contributed by atoms with Gasteiger partial charge in [0.2, 0.25) is 0 Å². The fraction of sp³-hybridized carbons (Fsp3) is 0.250. The maximum Gasteiger partial charge on any atom is 0.118 e. The molecule has 1 aromatic heterocycles. The van der Waals surface area contributed by atoms with Gasteiger partial charge in [-0.3, -0.25) is 4.90 Å². The third-order valence-electron chi connectivity index (χ3n) is 6.31. The summed E-state index contributed by atoms with van der Waals surface area (Å²) in [5, 5.41) is 10.8. The summed E-state index contributed by atoms with van der Waals surface area (Å²) in [7, 11) is 1.65. The summed E-state index contributed by atoms with van der Waals surface area (Å²) in [6.07, 6.45) is 1.15.